The number of rotatable bonds is 2. The first-order chi connectivity index (χ1) is 7.50. The molecule has 2 heteroatoms. The summed E-state index contributed by atoms with van der Waals surface area (Å²) >= 11 is 0. The van der Waals surface area contributed by atoms with Crippen LogP contribution in [0.4, 0.5) is 0 Å². The summed E-state index contributed by atoms with van der Waals surface area (Å²) in [7, 11) is 0. The summed E-state index contributed by atoms with van der Waals surface area (Å²) in [6.45, 7) is 7.16. The van der Waals surface area contributed by atoms with E-state index in [4.69, 9.17) is 10.2 Å². The van der Waals surface area contributed by atoms with Gasteiger partial charge in [-0.3, -0.25) is 0 Å². The molecule has 0 saturated carbocycles. The molecule has 0 amide bonds. The van der Waals surface area contributed by atoms with Crippen LogP contribution < -0.4 is 5.73 Å². The van der Waals surface area contributed by atoms with Crippen LogP contribution in [0, 0.1) is 0 Å². The summed E-state index contributed by atoms with van der Waals surface area (Å²) in [5, 5.41) is 1.18. The largest absolute Gasteiger partial charge is 0.461 e. The molecule has 1 aromatic heterocycles. The summed E-state index contributed by atoms with van der Waals surface area (Å²) in [5.74, 6) is 1.03. The minimum absolute atomic E-state index is 0.0626. The zero-order valence-corrected chi connectivity index (χ0v) is 10.2. The van der Waals surface area contributed by atoms with Crippen molar-refractivity contribution in [2.45, 2.75) is 32.6 Å². The molecule has 0 fully saturated rings. The van der Waals surface area contributed by atoms with Crippen LogP contribution in [0.2, 0.25) is 0 Å². The van der Waals surface area contributed by atoms with Gasteiger partial charge in [0.25, 0.3) is 0 Å². The van der Waals surface area contributed by atoms with E-state index in [1.54, 1.807) is 0 Å². The van der Waals surface area contributed by atoms with Crippen LogP contribution in [0.3, 0.4) is 0 Å². The summed E-state index contributed by atoms with van der Waals surface area (Å²) in [6, 6.07) is 8.43. The average molecular weight is 217 g/mol. The number of hydrogen-bond acceptors (Lipinski definition) is 2. The van der Waals surface area contributed by atoms with Gasteiger partial charge in [-0.25, -0.2) is 0 Å². The Balaban J connectivity index is 2.46. The van der Waals surface area contributed by atoms with Gasteiger partial charge in [0, 0.05) is 10.8 Å². The van der Waals surface area contributed by atoms with Crippen LogP contribution in [0.5, 0.6) is 0 Å². The Kier molecular flexibility index (Phi) is 2.76. The summed E-state index contributed by atoms with van der Waals surface area (Å²) in [5.41, 5.74) is 7.86. The molecule has 0 unspecified atom stereocenters. The molecule has 0 radical (unpaired) electrons. The lowest BCUT2D eigenvalue weighted by molar-refractivity contribution is 0.430. The number of nitrogens with two attached hydrogens (primary N) is 1. The first-order valence-electron chi connectivity index (χ1n) is 5.74. The summed E-state index contributed by atoms with van der Waals surface area (Å²) in [6.07, 6.45) is 0.923. The number of furan rings is 1. The fourth-order valence-corrected chi connectivity index (χ4v) is 1.78. The Bertz CT molecular complexity index is 491. The second-order valence-corrected chi connectivity index (χ2v) is 5.27. The van der Waals surface area contributed by atoms with E-state index in [0.29, 0.717) is 6.54 Å². The lowest BCUT2D eigenvalue weighted by Crippen LogP contribution is -2.08. The van der Waals surface area contributed by atoms with E-state index < -0.39 is 0 Å². The minimum atomic E-state index is 0.0626. The summed E-state index contributed by atoms with van der Waals surface area (Å²) in [4.78, 5) is 0. The maximum Gasteiger partial charge on any atom is 0.134 e. The molecule has 0 bridgehead atoms. The average Bonchev–Trinajstić information content (AvgIpc) is 2.60. The fraction of sp³-hybridized carbons (Fsp3) is 0.429. The fourth-order valence-electron chi connectivity index (χ4n) is 1.78. The maximum absolute atomic E-state index is 5.83. The quantitative estimate of drug-likeness (QED) is 0.838. The molecule has 1 aromatic carbocycles. The van der Waals surface area contributed by atoms with E-state index in [-0.39, 0.29) is 5.41 Å². The molecule has 2 nitrogen and oxygen atoms in total. The molecule has 2 aromatic rings. The van der Waals surface area contributed by atoms with E-state index in [2.05, 4.69) is 39.0 Å². The molecule has 1 heterocycles. The van der Waals surface area contributed by atoms with Gasteiger partial charge in [0.1, 0.15) is 11.3 Å². The first-order valence-corrected chi connectivity index (χ1v) is 5.74. The number of hydrogen-bond donors (Lipinski definition) is 1. The van der Waals surface area contributed by atoms with Gasteiger partial charge in [-0.15, -0.1) is 0 Å². The topological polar surface area (TPSA) is 39.2 Å². The Morgan fingerprint density at radius 1 is 1.19 bits per heavy atom. The maximum atomic E-state index is 5.83. The third-order valence-corrected chi connectivity index (χ3v) is 2.75. The Hall–Kier alpha value is -1.28. The van der Waals surface area contributed by atoms with E-state index in [1.165, 1.54) is 10.9 Å². The molecule has 2 N–H and O–H groups in total. The van der Waals surface area contributed by atoms with Gasteiger partial charge in [0.15, 0.2) is 0 Å². The van der Waals surface area contributed by atoms with Crippen LogP contribution in [-0.4, -0.2) is 6.54 Å². The zero-order chi connectivity index (χ0) is 11.8. The smallest absolute Gasteiger partial charge is 0.134 e. The number of fused-ring (bicyclic) bond motifs is 1. The first kappa shape index (κ1) is 11.2. The second-order valence-electron chi connectivity index (χ2n) is 5.27. The van der Waals surface area contributed by atoms with Crippen molar-refractivity contribution in [3.05, 3.63) is 35.6 Å². The lowest BCUT2D eigenvalue weighted by atomic mass is 9.93. The van der Waals surface area contributed by atoms with Gasteiger partial charge in [0.2, 0.25) is 0 Å². The standard InChI is InChI=1S/C14H19NO/c1-14(2,3)13-9-11-8-10(6-7-15)4-5-12(11)16-13/h4-5,8-9H,6-7,15H2,1-3H3. The van der Waals surface area contributed by atoms with Crippen molar-refractivity contribution in [2.24, 2.45) is 5.73 Å². The molecule has 16 heavy (non-hydrogen) atoms. The molecular weight excluding hydrogens is 198 g/mol. The third kappa shape index (κ3) is 2.12. The van der Waals surface area contributed by atoms with Crippen molar-refractivity contribution >= 4 is 11.0 Å². The molecule has 0 spiro atoms. The van der Waals surface area contributed by atoms with E-state index in [9.17, 15) is 0 Å². The van der Waals surface area contributed by atoms with Crippen LogP contribution in [0.1, 0.15) is 32.1 Å². The SMILES string of the molecule is CC(C)(C)c1cc2cc(CCN)ccc2o1. The van der Waals surface area contributed by atoms with Crippen LogP contribution in [0.15, 0.2) is 28.7 Å². The molecule has 86 valence electrons. The molecule has 0 atom stereocenters. The van der Waals surface area contributed by atoms with Crippen LogP contribution in [-0.2, 0) is 11.8 Å². The highest BCUT2D eigenvalue weighted by atomic mass is 16.3. The van der Waals surface area contributed by atoms with Crippen LogP contribution in [0.25, 0.3) is 11.0 Å². The number of benzene rings is 1. The molecule has 0 aliphatic carbocycles. The van der Waals surface area contributed by atoms with Gasteiger partial charge in [-0.1, -0.05) is 26.8 Å². The predicted molar refractivity (Wildman–Crippen MR) is 67.7 cm³/mol. The Morgan fingerprint density at radius 2 is 1.94 bits per heavy atom. The van der Waals surface area contributed by atoms with Crippen molar-refractivity contribution < 1.29 is 4.42 Å². The molecule has 0 aliphatic heterocycles. The van der Waals surface area contributed by atoms with Gasteiger partial charge in [-0.05, 0) is 36.7 Å². The molecule has 0 aliphatic rings. The summed E-state index contributed by atoms with van der Waals surface area (Å²) < 4.78 is 5.83. The molecular formula is C14H19NO. The minimum Gasteiger partial charge on any atom is -0.461 e. The normalized spacial score (nSPS) is 12.2. The van der Waals surface area contributed by atoms with Crippen molar-refractivity contribution in [1.82, 2.24) is 0 Å². The van der Waals surface area contributed by atoms with Gasteiger partial charge in [0.05, 0.1) is 0 Å². The highest BCUT2D eigenvalue weighted by Gasteiger charge is 2.18. The zero-order valence-electron chi connectivity index (χ0n) is 10.2. The Morgan fingerprint density at radius 3 is 2.56 bits per heavy atom. The highest BCUT2D eigenvalue weighted by Crippen LogP contribution is 2.29. The van der Waals surface area contributed by atoms with Crippen molar-refractivity contribution in [3.8, 4) is 0 Å². The van der Waals surface area contributed by atoms with Crippen molar-refractivity contribution in [1.29, 1.82) is 0 Å². The van der Waals surface area contributed by atoms with E-state index in [0.717, 1.165) is 17.8 Å². The van der Waals surface area contributed by atoms with Gasteiger partial charge >= 0.3 is 0 Å². The third-order valence-electron chi connectivity index (χ3n) is 2.75. The second kappa shape index (κ2) is 3.95. The van der Waals surface area contributed by atoms with Crippen LogP contribution >= 0.6 is 0 Å². The molecule has 0 saturated heterocycles. The highest BCUT2D eigenvalue weighted by molar-refractivity contribution is 5.79. The monoisotopic (exact) mass is 217 g/mol. The van der Waals surface area contributed by atoms with Crippen molar-refractivity contribution in [2.75, 3.05) is 6.54 Å². The van der Waals surface area contributed by atoms with Crippen molar-refractivity contribution in [3.63, 3.8) is 0 Å². The molecule has 2 rings (SSSR count). The van der Waals surface area contributed by atoms with E-state index in [1.807, 2.05) is 6.07 Å². The van der Waals surface area contributed by atoms with E-state index >= 15 is 0 Å². The lowest BCUT2D eigenvalue weighted by Gasteiger charge is -2.13. The van der Waals surface area contributed by atoms with Gasteiger partial charge < -0.3 is 10.2 Å². The Labute approximate surface area is 96.4 Å². The predicted octanol–water partition coefficient (Wildman–Crippen LogP) is 3.23. The van der Waals surface area contributed by atoms with Gasteiger partial charge in [-0.2, -0.15) is 0 Å².